The normalized spacial score (nSPS) is 10.7. The first-order valence-corrected chi connectivity index (χ1v) is 8.25. The minimum atomic E-state index is -2.94. The molecule has 2 heterocycles. The van der Waals surface area contributed by atoms with Gasteiger partial charge in [0.15, 0.2) is 5.78 Å². The van der Waals surface area contributed by atoms with Crippen LogP contribution in [0.3, 0.4) is 0 Å². The molecule has 0 amide bonds. The van der Waals surface area contributed by atoms with Crippen molar-refractivity contribution >= 4 is 17.7 Å². The number of aromatic nitrogens is 2. The average Bonchev–Trinajstić information content (AvgIpc) is 2.72. The molecule has 1 aromatic carbocycles. The molecule has 0 saturated carbocycles. The lowest BCUT2D eigenvalue weighted by Crippen LogP contribution is -2.15. The van der Waals surface area contributed by atoms with E-state index in [9.17, 15) is 18.0 Å². The summed E-state index contributed by atoms with van der Waals surface area (Å²) < 4.78 is 39.4. The van der Waals surface area contributed by atoms with E-state index in [4.69, 9.17) is 5.41 Å². The highest BCUT2D eigenvalue weighted by atomic mass is 19.3. The molecule has 5 nitrogen and oxygen atoms in total. The van der Waals surface area contributed by atoms with Crippen LogP contribution in [-0.4, -0.2) is 28.5 Å². The van der Waals surface area contributed by atoms with Crippen molar-refractivity contribution in [3.63, 3.8) is 0 Å². The number of nitrogens with one attached hydrogen (secondary N) is 2. The zero-order chi connectivity index (χ0) is 20.1. The van der Waals surface area contributed by atoms with Crippen molar-refractivity contribution in [3.05, 3.63) is 77.6 Å². The van der Waals surface area contributed by atoms with Gasteiger partial charge < -0.3 is 10.7 Å². The Morgan fingerprint density at radius 3 is 2.57 bits per heavy atom. The molecule has 0 aliphatic rings. The topological polar surface area (TPSA) is 78.7 Å². The highest BCUT2D eigenvalue weighted by Crippen LogP contribution is 2.29. The van der Waals surface area contributed by atoms with E-state index >= 15 is 0 Å². The fraction of sp³-hybridized carbons (Fsp3) is 0.100. The molecule has 0 aliphatic heterocycles. The maximum atomic E-state index is 13.5. The number of hydrogen-bond acceptors (Lipinski definition) is 5. The second-order valence-electron chi connectivity index (χ2n) is 5.85. The van der Waals surface area contributed by atoms with Crippen molar-refractivity contribution in [2.45, 2.75) is 6.43 Å². The molecule has 0 bridgehead atoms. The molecule has 8 heteroatoms. The summed E-state index contributed by atoms with van der Waals surface area (Å²) in [5.41, 5.74) is 1.25. The summed E-state index contributed by atoms with van der Waals surface area (Å²) in [6.45, 7) is -0.0539. The maximum absolute atomic E-state index is 13.5. The van der Waals surface area contributed by atoms with E-state index in [1.54, 1.807) is 18.2 Å². The number of carbonyl (C=O) groups is 1. The van der Waals surface area contributed by atoms with E-state index < -0.39 is 17.8 Å². The van der Waals surface area contributed by atoms with Gasteiger partial charge in [-0.15, -0.1) is 0 Å². The van der Waals surface area contributed by atoms with Gasteiger partial charge in [0.25, 0.3) is 6.43 Å². The van der Waals surface area contributed by atoms with Gasteiger partial charge in [-0.05, 0) is 35.9 Å². The molecule has 0 fully saturated rings. The van der Waals surface area contributed by atoms with Crippen molar-refractivity contribution in [1.29, 1.82) is 5.41 Å². The van der Waals surface area contributed by atoms with E-state index in [1.807, 2.05) is 0 Å². The number of ketones is 1. The van der Waals surface area contributed by atoms with E-state index in [2.05, 4.69) is 15.3 Å². The summed E-state index contributed by atoms with van der Waals surface area (Å²) in [7, 11) is 0. The van der Waals surface area contributed by atoms with E-state index in [-0.39, 0.29) is 18.0 Å². The van der Waals surface area contributed by atoms with Crippen molar-refractivity contribution in [3.8, 4) is 11.1 Å². The lowest BCUT2D eigenvalue weighted by molar-refractivity contribution is 0.101. The Morgan fingerprint density at radius 2 is 1.89 bits per heavy atom. The average molecular weight is 384 g/mol. The van der Waals surface area contributed by atoms with Crippen molar-refractivity contribution < 1.29 is 18.0 Å². The lowest BCUT2D eigenvalue weighted by Gasteiger charge is -2.12. The third kappa shape index (κ3) is 4.22. The van der Waals surface area contributed by atoms with Gasteiger partial charge in [0.2, 0.25) is 0 Å². The molecular weight excluding hydrogens is 369 g/mol. The third-order valence-electron chi connectivity index (χ3n) is 4.06. The summed E-state index contributed by atoms with van der Waals surface area (Å²) in [5, 5.41) is 10.4. The predicted molar refractivity (Wildman–Crippen MR) is 99.5 cm³/mol. The minimum Gasteiger partial charge on any atom is -0.376 e. The summed E-state index contributed by atoms with van der Waals surface area (Å²) in [4.78, 5) is 20.2. The van der Waals surface area contributed by atoms with Crippen molar-refractivity contribution in [1.82, 2.24) is 9.97 Å². The molecule has 0 unspecified atom stereocenters. The van der Waals surface area contributed by atoms with Crippen molar-refractivity contribution in [2.24, 2.45) is 0 Å². The monoisotopic (exact) mass is 384 g/mol. The molecule has 0 atom stereocenters. The molecule has 0 aliphatic carbocycles. The number of hydrogen-bond donors (Lipinski definition) is 2. The Kier molecular flexibility index (Phi) is 5.78. The quantitative estimate of drug-likeness (QED) is 0.464. The molecule has 0 spiro atoms. The van der Waals surface area contributed by atoms with E-state index in [0.717, 1.165) is 18.3 Å². The first kappa shape index (κ1) is 19.2. The first-order valence-electron chi connectivity index (χ1n) is 8.25. The fourth-order valence-corrected chi connectivity index (χ4v) is 2.60. The zero-order valence-corrected chi connectivity index (χ0v) is 14.5. The van der Waals surface area contributed by atoms with Crippen LogP contribution in [0.5, 0.6) is 0 Å². The Morgan fingerprint density at radius 1 is 1.14 bits per heavy atom. The predicted octanol–water partition coefficient (Wildman–Crippen LogP) is 4.51. The highest BCUT2D eigenvalue weighted by Gasteiger charge is 2.15. The standard InChI is InChI=1S/C20H15F3N4O/c21-16-2-1-13(7-15(16)20(22)23)14-8-17(18(9-24)26-10-14)27-11-19(28)12-3-5-25-6-4-12/h1-10,20,24,27H,11H2. The number of halogens is 3. The van der Waals surface area contributed by atoms with Crippen LogP contribution in [0.15, 0.2) is 55.0 Å². The Balaban J connectivity index is 1.87. The SMILES string of the molecule is N=Cc1ncc(-c2ccc(F)c(C(F)F)c2)cc1NCC(=O)c1ccncc1. The number of carbonyl (C=O) groups excluding carboxylic acids is 1. The Bertz CT molecular complexity index is 1010. The fourth-order valence-electron chi connectivity index (χ4n) is 2.60. The van der Waals surface area contributed by atoms with Crippen LogP contribution in [0.4, 0.5) is 18.9 Å². The Labute approximate surface area is 158 Å². The molecule has 0 radical (unpaired) electrons. The van der Waals surface area contributed by atoms with E-state index in [1.165, 1.54) is 24.7 Å². The number of rotatable bonds is 7. The molecule has 2 N–H and O–H groups in total. The van der Waals surface area contributed by atoms with Crippen LogP contribution in [0, 0.1) is 11.2 Å². The molecule has 2 aromatic heterocycles. The minimum absolute atomic E-state index is 0.0539. The summed E-state index contributed by atoms with van der Waals surface area (Å²) >= 11 is 0. The van der Waals surface area contributed by atoms with E-state index in [0.29, 0.717) is 22.4 Å². The number of pyridine rings is 2. The van der Waals surface area contributed by atoms with Gasteiger partial charge in [-0.25, -0.2) is 13.2 Å². The van der Waals surface area contributed by atoms with Gasteiger partial charge in [0.1, 0.15) is 11.5 Å². The van der Waals surface area contributed by atoms with Gasteiger partial charge in [-0.2, -0.15) is 0 Å². The van der Waals surface area contributed by atoms with Crippen molar-refractivity contribution in [2.75, 3.05) is 11.9 Å². The van der Waals surface area contributed by atoms with Gasteiger partial charge in [0.05, 0.1) is 17.8 Å². The second-order valence-corrected chi connectivity index (χ2v) is 5.85. The number of alkyl halides is 2. The maximum Gasteiger partial charge on any atom is 0.266 e. The lowest BCUT2D eigenvalue weighted by atomic mass is 10.0. The number of nitrogens with zero attached hydrogens (tertiary/aromatic N) is 2. The van der Waals surface area contributed by atoms with Crippen LogP contribution in [0.25, 0.3) is 11.1 Å². The van der Waals surface area contributed by atoms with Crippen LogP contribution in [-0.2, 0) is 0 Å². The Hall–Kier alpha value is -3.55. The summed E-state index contributed by atoms with van der Waals surface area (Å²) in [6, 6.07) is 8.15. The third-order valence-corrected chi connectivity index (χ3v) is 4.06. The molecule has 142 valence electrons. The molecule has 28 heavy (non-hydrogen) atoms. The van der Waals surface area contributed by atoms with Crippen LogP contribution in [0.1, 0.15) is 28.0 Å². The molecule has 0 saturated heterocycles. The zero-order valence-electron chi connectivity index (χ0n) is 14.5. The van der Waals surface area contributed by atoms with Crippen LogP contribution in [0.2, 0.25) is 0 Å². The first-order chi connectivity index (χ1) is 13.5. The summed E-state index contributed by atoms with van der Waals surface area (Å²) in [5.74, 6) is -1.17. The number of Topliss-reactive ketones (excluding diaryl/α,β-unsaturated/α-hetero) is 1. The van der Waals surface area contributed by atoms with Crippen LogP contribution >= 0.6 is 0 Å². The summed E-state index contributed by atoms with van der Waals surface area (Å²) in [6.07, 6.45) is 2.49. The van der Waals surface area contributed by atoms with Gasteiger partial charge >= 0.3 is 0 Å². The van der Waals surface area contributed by atoms with Crippen LogP contribution < -0.4 is 5.32 Å². The molecular formula is C20H15F3N4O. The van der Waals surface area contributed by atoms with Gasteiger partial charge in [-0.3, -0.25) is 14.8 Å². The molecule has 3 rings (SSSR count). The van der Waals surface area contributed by atoms with Gasteiger partial charge in [0, 0.05) is 35.9 Å². The smallest absolute Gasteiger partial charge is 0.266 e. The number of anilines is 1. The second kappa shape index (κ2) is 8.43. The van der Waals surface area contributed by atoms with Gasteiger partial charge in [-0.1, -0.05) is 6.07 Å². The highest BCUT2D eigenvalue weighted by molar-refractivity contribution is 5.99. The largest absolute Gasteiger partial charge is 0.376 e. The molecule has 3 aromatic rings. The number of benzene rings is 1.